The summed E-state index contributed by atoms with van der Waals surface area (Å²) in [5, 5.41) is 9.26. The highest BCUT2D eigenvalue weighted by atomic mass is 15.3. The van der Waals surface area contributed by atoms with Crippen LogP contribution in [0, 0.1) is 6.92 Å². The maximum atomic E-state index is 3.42. The molecule has 0 saturated heterocycles. The lowest BCUT2D eigenvalue weighted by molar-refractivity contribution is 0.555. The third kappa shape index (κ3) is 15.7. The molecular weight excluding hydrogens is 428 g/mol. The summed E-state index contributed by atoms with van der Waals surface area (Å²) < 4.78 is 0. The smallest absolute Gasteiger partial charge is 0.0690 e. The molecule has 0 radical (unpaired) electrons. The van der Waals surface area contributed by atoms with Crippen molar-refractivity contribution in [3.8, 4) is 0 Å². The van der Waals surface area contributed by atoms with E-state index in [2.05, 4.69) is 66.2 Å². The SMILES string of the molecule is CCCCCCCCCCN(CCCCCCCCCC)c1cccc(C)c1CC.c1c[nH]nn1. The van der Waals surface area contributed by atoms with Crippen LogP contribution in [0.15, 0.2) is 30.6 Å². The first kappa shape index (κ1) is 31.2. The third-order valence-corrected chi connectivity index (χ3v) is 6.97. The summed E-state index contributed by atoms with van der Waals surface area (Å²) in [6.45, 7) is 11.7. The van der Waals surface area contributed by atoms with Gasteiger partial charge in [0, 0.05) is 25.0 Å². The van der Waals surface area contributed by atoms with E-state index in [0.29, 0.717) is 0 Å². The van der Waals surface area contributed by atoms with E-state index in [1.165, 1.54) is 127 Å². The van der Waals surface area contributed by atoms with Gasteiger partial charge in [-0.1, -0.05) is 128 Å². The lowest BCUT2D eigenvalue weighted by Crippen LogP contribution is -2.27. The van der Waals surface area contributed by atoms with Crippen molar-refractivity contribution in [2.24, 2.45) is 0 Å². The molecule has 0 bridgehead atoms. The molecular formula is C31H56N4. The van der Waals surface area contributed by atoms with Gasteiger partial charge in [-0.25, -0.2) is 0 Å². The standard InChI is InChI=1S/C29H53N.C2H3N3/c1-5-8-10-12-14-16-18-20-25-30(26-21-19-17-15-13-11-9-6-2)29-24-22-23-27(4)28(29)7-3;1-2-4-5-3-1/h22-24H,5-21,25-26H2,1-4H3;1-2H,(H,3,4,5). The van der Waals surface area contributed by atoms with Gasteiger partial charge in [0.15, 0.2) is 0 Å². The van der Waals surface area contributed by atoms with Crippen molar-refractivity contribution in [2.75, 3.05) is 18.0 Å². The first-order valence-corrected chi connectivity index (χ1v) is 14.9. The Hall–Kier alpha value is -1.84. The van der Waals surface area contributed by atoms with E-state index in [-0.39, 0.29) is 0 Å². The van der Waals surface area contributed by atoms with E-state index in [9.17, 15) is 0 Å². The second kappa shape index (κ2) is 22.6. The fourth-order valence-electron chi connectivity index (χ4n) is 4.84. The van der Waals surface area contributed by atoms with Gasteiger partial charge in [0.25, 0.3) is 0 Å². The Balaban J connectivity index is 0.00000108. The highest BCUT2D eigenvalue weighted by Gasteiger charge is 2.12. The van der Waals surface area contributed by atoms with Gasteiger partial charge in [-0.05, 0) is 43.4 Å². The zero-order valence-electron chi connectivity index (χ0n) is 23.7. The lowest BCUT2D eigenvalue weighted by Gasteiger charge is -2.28. The molecule has 1 aromatic heterocycles. The van der Waals surface area contributed by atoms with Crippen LogP contribution in [0.2, 0.25) is 0 Å². The third-order valence-electron chi connectivity index (χ3n) is 6.97. The molecule has 0 spiro atoms. The van der Waals surface area contributed by atoms with Gasteiger partial charge in [0.05, 0.1) is 6.20 Å². The molecule has 0 aliphatic heterocycles. The van der Waals surface area contributed by atoms with Crippen LogP contribution in [0.3, 0.4) is 0 Å². The molecule has 200 valence electrons. The molecule has 2 aromatic rings. The first-order valence-electron chi connectivity index (χ1n) is 14.9. The highest BCUT2D eigenvalue weighted by molar-refractivity contribution is 5.56. The molecule has 0 saturated carbocycles. The number of aryl methyl sites for hydroxylation is 1. The number of H-pyrrole nitrogens is 1. The summed E-state index contributed by atoms with van der Waals surface area (Å²) in [7, 11) is 0. The van der Waals surface area contributed by atoms with Crippen LogP contribution in [-0.4, -0.2) is 28.5 Å². The van der Waals surface area contributed by atoms with Crippen LogP contribution in [0.1, 0.15) is 135 Å². The monoisotopic (exact) mass is 484 g/mol. The largest absolute Gasteiger partial charge is 0.371 e. The number of anilines is 1. The number of hydrogen-bond donors (Lipinski definition) is 1. The Kier molecular flexibility index (Phi) is 20.2. The van der Waals surface area contributed by atoms with Crippen LogP contribution in [0.25, 0.3) is 0 Å². The average Bonchev–Trinajstić information content (AvgIpc) is 3.46. The van der Waals surface area contributed by atoms with Crippen molar-refractivity contribution in [3.05, 3.63) is 41.7 Å². The van der Waals surface area contributed by atoms with E-state index in [1.807, 2.05) is 0 Å². The summed E-state index contributed by atoms with van der Waals surface area (Å²) in [4.78, 5) is 2.72. The molecule has 0 amide bonds. The summed E-state index contributed by atoms with van der Waals surface area (Å²) in [6.07, 6.45) is 26.9. The van der Waals surface area contributed by atoms with E-state index in [1.54, 1.807) is 18.0 Å². The van der Waals surface area contributed by atoms with Crippen molar-refractivity contribution in [2.45, 2.75) is 137 Å². The van der Waals surface area contributed by atoms with E-state index in [0.717, 1.165) is 6.42 Å². The summed E-state index contributed by atoms with van der Waals surface area (Å²) in [5.41, 5.74) is 4.55. The van der Waals surface area contributed by atoms with Crippen molar-refractivity contribution in [1.29, 1.82) is 0 Å². The molecule has 1 heterocycles. The van der Waals surface area contributed by atoms with Gasteiger partial charge in [0.2, 0.25) is 0 Å². The van der Waals surface area contributed by atoms with Crippen molar-refractivity contribution in [3.63, 3.8) is 0 Å². The average molecular weight is 485 g/mol. The molecule has 0 fully saturated rings. The van der Waals surface area contributed by atoms with Gasteiger partial charge in [-0.2, -0.15) is 0 Å². The summed E-state index contributed by atoms with van der Waals surface area (Å²) in [5.74, 6) is 0. The number of benzene rings is 1. The van der Waals surface area contributed by atoms with Crippen LogP contribution in [-0.2, 0) is 6.42 Å². The highest BCUT2D eigenvalue weighted by Crippen LogP contribution is 2.26. The summed E-state index contributed by atoms with van der Waals surface area (Å²) >= 11 is 0. The number of nitrogens with one attached hydrogen (secondary N) is 1. The van der Waals surface area contributed by atoms with E-state index >= 15 is 0 Å². The zero-order valence-corrected chi connectivity index (χ0v) is 23.7. The molecule has 0 atom stereocenters. The number of hydrogen-bond acceptors (Lipinski definition) is 3. The Morgan fingerprint density at radius 1 is 0.686 bits per heavy atom. The van der Waals surface area contributed by atoms with E-state index in [4.69, 9.17) is 0 Å². The number of nitrogens with zero attached hydrogens (tertiary/aromatic N) is 3. The quantitative estimate of drug-likeness (QED) is 0.190. The Morgan fingerprint density at radius 3 is 1.60 bits per heavy atom. The van der Waals surface area contributed by atoms with Crippen LogP contribution in [0.4, 0.5) is 5.69 Å². The molecule has 0 aliphatic carbocycles. The normalized spacial score (nSPS) is 10.7. The lowest BCUT2D eigenvalue weighted by atomic mass is 10.0. The molecule has 4 nitrogen and oxygen atoms in total. The number of aromatic amines is 1. The van der Waals surface area contributed by atoms with Crippen LogP contribution < -0.4 is 4.90 Å². The predicted octanol–water partition coefficient (Wildman–Crippen LogP) is 9.45. The zero-order chi connectivity index (χ0) is 25.4. The molecule has 0 aliphatic rings. The van der Waals surface area contributed by atoms with Crippen molar-refractivity contribution >= 4 is 5.69 Å². The summed E-state index contributed by atoms with van der Waals surface area (Å²) in [6, 6.07) is 6.92. The van der Waals surface area contributed by atoms with Crippen LogP contribution >= 0.6 is 0 Å². The maximum absolute atomic E-state index is 3.42. The number of rotatable bonds is 20. The second-order valence-corrected chi connectivity index (χ2v) is 10.0. The van der Waals surface area contributed by atoms with Gasteiger partial charge in [0.1, 0.15) is 0 Å². The molecule has 1 N–H and O–H groups in total. The minimum absolute atomic E-state index is 1.15. The first-order chi connectivity index (χ1) is 17.2. The topological polar surface area (TPSA) is 44.8 Å². The molecule has 4 heteroatoms. The van der Waals surface area contributed by atoms with Crippen molar-refractivity contribution in [1.82, 2.24) is 15.4 Å². The second-order valence-electron chi connectivity index (χ2n) is 10.0. The minimum Gasteiger partial charge on any atom is -0.371 e. The fraction of sp³-hybridized carbons (Fsp3) is 0.742. The van der Waals surface area contributed by atoms with Gasteiger partial charge in [-0.15, -0.1) is 5.10 Å². The van der Waals surface area contributed by atoms with Gasteiger partial charge >= 0.3 is 0 Å². The van der Waals surface area contributed by atoms with Crippen molar-refractivity contribution < 1.29 is 0 Å². The fourth-order valence-corrected chi connectivity index (χ4v) is 4.84. The molecule has 0 unspecified atom stereocenters. The number of unbranched alkanes of at least 4 members (excludes halogenated alkanes) is 14. The van der Waals surface area contributed by atoms with Crippen LogP contribution in [0.5, 0.6) is 0 Å². The van der Waals surface area contributed by atoms with Gasteiger partial charge < -0.3 is 4.90 Å². The maximum Gasteiger partial charge on any atom is 0.0690 e. The molecule has 35 heavy (non-hydrogen) atoms. The Bertz CT molecular complexity index is 646. The predicted molar refractivity (Wildman–Crippen MR) is 154 cm³/mol. The molecule has 1 aromatic carbocycles. The number of aromatic nitrogens is 3. The van der Waals surface area contributed by atoms with Gasteiger partial charge in [-0.3, -0.25) is 5.10 Å². The van der Waals surface area contributed by atoms with E-state index < -0.39 is 0 Å². The Labute approximate surface area is 217 Å². The Morgan fingerprint density at radius 2 is 1.20 bits per heavy atom. The molecule has 2 rings (SSSR count). The minimum atomic E-state index is 1.15.